The summed E-state index contributed by atoms with van der Waals surface area (Å²) >= 11 is 5.97. The zero-order chi connectivity index (χ0) is 22.1. The van der Waals surface area contributed by atoms with Crippen molar-refractivity contribution in [3.8, 4) is 11.5 Å². The van der Waals surface area contributed by atoms with E-state index in [1.165, 1.54) is 24.1 Å². The molecule has 0 spiro atoms. The van der Waals surface area contributed by atoms with Gasteiger partial charge in [0.2, 0.25) is 5.91 Å². The molecule has 1 amide bonds. The van der Waals surface area contributed by atoms with Crippen molar-refractivity contribution < 1.29 is 22.7 Å². The van der Waals surface area contributed by atoms with Gasteiger partial charge in [-0.2, -0.15) is 0 Å². The fraction of sp³-hybridized carbons (Fsp3) is 0.286. The third kappa shape index (κ3) is 4.24. The van der Waals surface area contributed by atoms with Crippen molar-refractivity contribution in [1.82, 2.24) is 0 Å². The Morgan fingerprint density at radius 2 is 2.03 bits per heavy atom. The van der Waals surface area contributed by atoms with Gasteiger partial charge in [-0.3, -0.25) is 9.52 Å². The lowest BCUT2D eigenvalue weighted by atomic mass is 9.93. The van der Waals surface area contributed by atoms with Gasteiger partial charge in [0, 0.05) is 11.6 Å². The van der Waals surface area contributed by atoms with E-state index in [2.05, 4.69) is 11.3 Å². The minimum absolute atomic E-state index is 0.0937. The summed E-state index contributed by atoms with van der Waals surface area (Å²) in [7, 11) is -2.63. The fourth-order valence-electron chi connectivity index (χ4n) is 3.09. The molecule has 1 aliphatic rings. The van der Waals surface area contributed by atoms with E-state index in [0.717, 1.165) is 0 Å². The largest absolute Gasteiger partial charge is 0.495 e. The second-order valence-electron chi connectivity index (χ2n) is 7.46. The van der Waals surface area contributed by atoms with Gasteiger partial charge >= 0.3 is 0 Å². The van der Waals surface area contributed by atoms with Crippen LogP contribution >= 0.6 is 11.6 Å². The number of rotatable bonds is 6. The van der Waals surface area contributed by atoms with Crippen LogP contribution in [0.1, 0.15) is 13.8 Å². The van der Waals surface area contributed by atoms with Crippen LogP contribution < -0.4 is 19.1 Å². The second-order valence-corrected chi connectivity index (χ2v) is 9.55. The third-order valence-corrected chi connectivity index (χ3v) is 6.28. The van der Waals surface area contributed by atoms with Crippen LogP contribution in [0.25, 0.3) is 0 Å². The lowest BCUT2D eigenvalue weighted by Gasteiger charge is -2.27. The number of amides is 1. The number of ether oxygens (including phenoxy) is 2. The van der Waals surface area contributed by atoms with Gasteiger partial charge in [0.25, 0.3) is 10.0 Å². The highest BCUT2D eigenvalue weighted by Gasteiger charge is 2.37. The fourth-order valence-corrected chi connectivity index (χ4v) is 4.57. The smallest absolute Gasteiger partial charge is 0.265 e. The summed E-state index contributed by atoms with van der Waals surface area (Å²) in [4.78, 5) is 14.4. The van der Waals surface area contributed by atoms with Crippen LogP contribution in [0.4, 0.5) is 11.4 Å². The Bertz CT molecular complexity index is 1100. The second kappa shape index (κ2) is 8.20. The first kappa shape index (κ1) is 22.0. The minimum atomic E-state index is -4.00. The zero-order valence-electron chi connectivity index (χ0n) is 16.9. The molecule has 1 aliphatic heterocycles. The first-order valence-electron chi connectivity index (χ1n) is 9.15. The SMILES string of the molecule is C=CCN1C(=O)C(C)(C)COc2ccc(NS(=O)(=O)c3cc(Cl)ccc3OC)cc21. The lowest BCUT2D eigenvalue weighted by Crippen LogP contribution is -2.42. The molecule has 0 unspecified atom stereocenters. The molecule has 0 aliphatic carbocycles. The highest BCUT2D eigenvalue weighted by Crippen LogP contribution is 2.39. The van der Waals surface area contributed by atoms with Gasteiger partial charge in [0.1, 0.15) is 23.0 Å². The van der Waals surface area contributed by atoms with Crippen molar-refractivity contribution in [3.63, 3.8) is 0 Å². The quantitative estimate of drug-likeness (QED) is 0.670. The van der Waals surface area contributed by atoms with Gasteiger partial charge in [-0.15, -0.1) is 6.58 Å². The van der Waals surface area contributed by atoms with E-state index in [9.17, 15) is 13.2 Å². The minimum Gasteiger partial charge on any atom is -0.495 e. The summed E-state index contributed by atoms with van der Waals surface area (Å²) in [5.41, 5.74) is -0.0137. The molecular weight excluding hydrogens is 428 g/mol. The number of carbonyl (C=O) groups excluding carboxylic acids is 1. The predicted octanol–water partition coefficient (Wildman–Crippen LogP) is 4.09. The summed E-state index contributed by atoms with van der Waals surface area (Å²) < 4.78 is 39.4. The van der Waals surface area contributed by atoms with Crippen molar-refractivity contribution in [2.75, 3.05) is 29.9 Å². The molecule has 1 heterocycles. The summed E-state index contributed by atoms with van der Waals surface area (Å²) in [5.74, 6) is 0.506. The normalized spacial score (nSPS) is 15.6. The van der Waals surface area contributed by atoms with E-state index in [1.807, 2.05) is 0 Å². The lowest BCUT2D eigenvalue weighted by molar-refractivity contribution is -0.127. The molecule has 0 saturated heterocycles. The zero-order valence-corrected chi connectivity index (χ0v) is 18.5. The van der Waals surface area contributed by atoms with Gasteiger partial charge in [0.05, 0.1) is 23.9 Å². The molecule has 0 bridgehead atoms. The number of nitrogens with one attached hydrogen (secondary N) is 1. The molecule has 2 aromatic carbocycles. The standard InChI is InChI=1S/C21H23ClN2O5S/c1-5-10-24-16-12-15(7-9-17(16)29-13-21(2,3)20(24)25)23-30(26,27)19-11-14(22)6-8-18(19)28-4/h5-9,11-12,23H,1,10,13H2,2-4H3. The number of anilines is 2. The van der Waals surface area contributed by atoms with Gasteiger partial charge in [-0.05, 0) is 50.2 Å². The van der Waals surface area contributed by atoms with Crippen LogP contribution in [-0.4, -0.2) is 34.6 Å². The van der Waals surface area contributed by atoms with Crippen molar-refractivity contribution in [2.45, 2.75) is 18.7 Å². The van der Waals surface area contributed by atoms with Crippen LogP contribution in [0, 0.1) is 5.41 Å². The Kier molecular flexibility index (Phi) is 6.01. The van der Waals surface area contributed by atoms with E-state index >= 15 is 0 Å². The average molecular weight is 451 g/mol. The molecule has 160 valence electrons. The summed E-state index contributed by atoms with van der Waals surface area (Å²) in [6.07, 6.45) is 1.61. The first-order valence-corrected chi connectivity index (χ1v) is 11.0. The molecule has 7 nitrogen and oxygen atoms in total. The molecule has 30 heavy (non-hydrogen) atoms. The van der Waals surface area contributed by atoms with Crippen molar-refractivity contribution in [2.24, 2.45) is 5.41 Å². The Balaban J connectivity index is 2.03. The molecule has 0 saturated carbocycles. The number of fused-ring (bicyclic) bond motifs is 1. The number of hydrogen-bond acceptors (Lipinski definition) is 5. The highest BCUT2D eigenvalue weighted by atomic mass is 35.5. The maximum atomic E-state index is 13.0. The van der Waals surface area contributed by atoms with E-state index < -0.39 is 15.4 Å². The summed E-state index contributed by atoms with van der Waals surface area (Å²) in [6.45, 7) is 7.78. The van der Waals surface area contributed by atoms with E-state index in [-0.39, 0.29) is 40.4 Å². The molecule has 1 N–H and O–H groups in total. The molecule has 0 atom stereocenters. The Morgan fingerprint density at radius 3 is 2.70 bits per heavy atom. The monoisotopic (exact) mass is 450 g/mol. The molecule has 3 rings (SSSR count). The number of carbonyl (C=O) groups is 1. The molecule has 0 radical (unpaired) electrons. The number of sulfonamides is 1. The maximum absolute atomic E-state index is 13.0. The summed E-state index contributed by atoms with van der Waals surface area (Å²) in [6, 6.07) is 9.10. The number of halogens is 1. The van der Waals surface area contributed by atoms with Crippen LogP contribution in [-0.2, 0) is 14.8 Å². The summed E-state index contributed by atoms with van der Waals surface area (Å²) in [5, 5.41) is 0.261. The average Bonchev–Trinajstić information content (AvgIpc) is 2.78. The van der Waals surface area contributed by atoms with Crippen LogP contribution in [0.3, 0.4) is 0 Å². The number of nitrogens with zero attached hydrogens (tertiary/aromatic N) is 1. The Labute approximate surface area is 181 Å². The maximum Gasteiger partial charge on any atom is 0.265 e. The number of benzene rings is 2. The van der Waals surface area contributed by atoms with Gasteiger partial charge in [-0.1, -0.05) is 17.7 Å². The van der Waals surface area contributed by atoms with E-state index in [4.69, 9.17) is 21.1 Å². The van der Waals surface area contributed by atoms with Gasteiger partial charge < -0.3 is 14.4 Å². The van der Waals surface area contributed by atoms with Crippen molar-refractivity contribution >= 4 is 38.9 Å². The highest BCUT2D eigenvalue weighted by molar-refractivity contribution is 7.92. The van der Waals surface area contributed by atoms with Crippen LogP contribution in [0.15, 0.2) is 53.9 Å². The Hall–Kier alpha value is -2.71. The Morgan fingerprint density at radius 1 is 1.30 bits per heavy atom. The third-order valence-electron chi connectivity index (χ3n) is 4.64. The molecule has 0 fully saturated rings. The molecule has 0 aromatic heterocycles. The first-order chi connectivity index (χ1) is 14.1. The predicted molar refractivity (Wildman–Crippen MR) is 117 cm³/mol. The van der Waals surface area contributed by atoms with Gasteiger partial charge in [0.15, 0.2) is 0 Å². The van der Waals surface area contributed by atoms with Crippen molar-refractivity contribution in [3.05, 3.63) is 54.1 Å². The van der Waals surface area contributed by atoms with Crippen LogP contribution in [0.2, 0.25) is 5.02 Å². The molecular formula is C21H23ClN2O5S. The van der Waals surface area contributed by atoms with Crippen LogP contribution in [0.5, 0.6) is 11.5 Å². The number of hydrogen-bond donors (Lipinski definition) is 1. The van der Waals surface area contributed by atoms with Crippen molar-refractivity contribution in [1.29, 1.82) is 0 Å². The topological polar surface area (TPSA) is 84.9 Å². The molecule has 9 heteroatoms. The van der Waals surface area contributed by atoms with E-state index in [1.54, 1.807) is 44.2 Å². The number of methoxy groups -OCH3 is 1. The van der Waals surface area contributed by atoms with E-state index in [0.29, 0.717) is 11.4 Å². The van der Waals surface area contributed by atoms with Gasteiger partial charge in [-0.25, -0.2) is 8.42 Å². The molecule has 2 aromatic rings.